The van der Waals surface area contributed by atoms with Gasteiger partial charge in [0, 0.05) is 11.9 Å². The topological polar surface area (TPSA) is 37.4 Å². The molecule has 5 heteroatoms. The van der Waals surface area contributed by atoms with E-state index in [0.717, 1.165) is 25.9 Å². The van der Waals surface area contributed by atoms with Gasteiger partial charge >= 0.3 is 0 Å². The summed E-state index contributed by atoms with van der Waals surface area (Å²) in [5.74, 6) is 0.876. The average Bonchev–Trinajstić information content (AvgIpc) is 2.27. The van der Waals surface area contributed by atoms with Gasteiger partial charge in [0.15, 0.2) is 9.84 Å². The number of piperidine rings is 1. The van der Waals surface area contributed by atoms with E-state index in [1.807, 2.05) is 6.92 Å². The highest BCUT2D eigenvalue weighted by molar-refractivity contribution is 7.92. The molecule has 1 fully saturated rings. The summed E-state index contributed by atoms with van der Waals surface area (Å²) < 4.78 is 23.4. The summed E-state index contributed by atoms with van der Waals surface area (Å²) in [6.45, 7) is 8.17. The summed E-state index contributed by atoms with van der Waals surface area (Å²) in [4.78, 5) is 2.25. The van der Waals surface area contributed by atoms with Crippen molar-refractivity contribution < 1.29 is 8.42 Å². The molecule has 102 valence electrons. The van der Waals surface area contributed by atoms with Crippen molar-refractivity contribution in [2.45, 2.75) is 44.2 Å². The standard InChI is InChI=1S/C12H24ClNO2S/c1-10(2)17(15,16)9-8-14-6-4-12(5-7-14)11(3)13/h10-12H,4-9H2,1-3H3. The van der Waals surface area contributed by atoms with E-state index in [2.05, 4.69) is 4.90 Å². The molecule has 1 aliphatic heterocycles. The van der Waals surface area contributed by atoms with Crippen LogP contribution in [-0.4, -0.2) is 49.3 Å². The summed E-state index contributed by atoms with van der Waals surface area (Å²) in [7, 11) is -2.90. The lowest BCUT2D eigenvalue weighted by Crippen LogP contribution is -2.39. The molecule has 1 heterocycles. The maximum absolute atomic E-state index is 11.7. The molecule has 0 saturated carbocycles. The van der Waals surface area contributed by atoms with E-state index in [4.69, 9.17) is 11.6 Å². The minimum absolute atomic E-state index is 0.233. The lowest BCUT2D eigenvalue weighted by Gasteiger charge is -2.33. The van der Waals surface area contributed by atoms with Gasteiger partial charge in [-0.25, -0.2) is 8.42 Å². The van der Waals surface area contributed by atoms with Crippen LogP contribution in [0, 0.1) is 5.92 Å². The molecule has 1 atom stereocenters. The quantitative estimate of drug-likeness (QED) is 0.725. The van der Waals surface area contributed by atoms with Crippen LogP contribution < -0.4 is 0 Å². The van der Waals surface area contributed by atoms with Gasteiger partial charge in [-0.05, 0) is 52.6 Å². The van der Waals surface area contributed by atoms with Crippen LogP contribution in [0.5, 0.6) is 0 Å². The minimum atomic E-state index is -2.90. The fraction of sp³-hybridized carbons (Fsp3) is 1.00. The van der Waals surface area contributed by atoms with E-state index in [-0.39, 0.29) is 16.4 Å². The molecular weight excluding hydrogens is 258 g/mol. The van der Waals surface area contributed by atoms with Crippen LogP contribution in [-0.2, 0) is 9.84 Å². The molecule has 0 radical (unpaired) electrons. The molecule has 3 nitrogen and oxygen atoms in total. The second-order valence-corrected chi connectivity index (χ2v) is 8.64. The summed E-state index contributed by atoms with van der Waals surface area (Å²) in [5.41, 5.74) is 0. The number of alkyl halides is 1. The molecule has 0 aromatic heterocycles. The Hall–Kier alpha value is 0.200. The summed E-state index contributed by atoms with van der Waals surface area (Å²) >= 11 is 6.08. The van der Waals surface area contributed by atoms with E-state index in [1.54, 1.807) is 13.8 Å². The second kappa shape index (κ2) is 6.39. The average molecular weight is 282 g/mol. The monoisotopic (exact) mass is 281 g/mol. The normalized spacial score (nSPS) is 21.9. The fourth-order valence-electron chi connectivity index (χ4n) is 2.13. The van der Waals surface area contributed by atoms with E-state index in [9.17, 15) is 8.42 Å². The Balaban J connectivity index is 2.32. The number of hydrogen-bond donors (Lipinski definition) is 0. The largest absolute Gasteiger partial charge is 0.302 e. The third-order valence-electron chi connectivity index (χ3n) is 3.69. The smallest absolute Gasteiger partial charge is 0.153 e. The molecule has 0 spiro atoms. The van der Waals surface area contributed by atoms with Crippen molar-refractivity contribution in [3.8, 4) is 0 Å². The Morgan fingerprint density at radius 1 is 1.24 bits per heavy atom. The van der Waals surface area contributed by atoms with E-state index in [1.165, 1.54) is 0 Å². The molecule has 17 heavy (non-hydrogen) atoms. The van der Waals surface area contributed by atoms with E-state index in [0.29, 0.717) is 12.5 Å². The summed E-state index contributed by atoms with van der Waals surface area (Å²) in [6.07, 6.45) is 2.18. The first kappa shape index (κ1) is 15.3. The van der Waals surface area contributed by atoms with Gasteiger partial charge in [-0.2, -0.15) is 0 Å². The van der Waals surface area contributed by atoms with Crippen molar-refractivity contribution in [1.82, 2.24) is 4.90 Å². The van der Waals surface area contributed by atoms with Crippen molar-refractivity contribution in [2.75, 3.05) is 25.4 Å². The number of halogens is 1. The van der Waals surface area contributed by atoms with Crippen LogP contribution in [0.25, 0.3) is 0 Å². The first-order chi connectivity index (χ1) is 7.83. The van der Waals surface area contributed by atoms with Crippen LogP contribution in [0.4, 0.5) is 0 Å². The summed E-state index contributed by atoms with van der Waals surface area (Å²) in [5, 5.41) is -0.0283. The van der Waals surface area contributed by atoms with Crippen LogP contribution >= 0.6 is 11.6 Å². The highest BCUT2D eigenvalue weighted by Crippen LogP contribution is 2.23. The first-order valence-corrected chi connectivity index (χ1v) is 8.56. The van der Waals surface area contributed by atoms with Gasteiger partial charge in [-0.3, -0.25) is 0 Å². The SMILES string of the molecule is CC(Cl)C1CCN(CCS(=O)(=O)C(C)C)CC1. The molecular formula is C12H24ClNO2S. The Bertz CT molecular complexity index is 319. The summed E-state index contributed by atoms with van der Waals surface area (Å²) in [6, 6.07) is 0. The molecule has 1 rings (SSSR count). The Labute approximate surface area is 110 Å². The van der Waals surface area contributed by atoms with Gasteiger partial charge in [0.25, 0.3) is 0 Å². The third kappa shape index (κ3) is 4.76. The molecule has 0 aromatic carbocycles. The molecule has 1 aliphatic rings. The van der Waals surface area contributed by atoms with E-state index < -0.39 is 9.84 Å². The van der Waals surface area contributed by atoms with Gasteiger partial charge < -0.3 is 4.90 Å². The molecule has 0 aromatic rings. The molecule has 0 N–H and O–H groups in total. The van der Waals surface area contributed by atoms with Crippen LogP contribution in [0.2, 0.25) is 0 Å². The highest BCUT2D eigenvalue weighted by atomic mass is 35.5. The number of rotatable bonds is 5. The predicted octanol–water partition coefficient (Wildman–Crippen LogP) is 2.15. The lowest BCUT2D eigenvalue weighted by atomic mass is 9.94. The van der Waals surface area contributed by atoms with Crippen molar-refractivity contribution in [3.63, 3.8) is 0 Å². The minimum Gasteiger partial charge on any atom is -0.302 e. The highest BCUT2D eigenvalue weighted by Gasteiger charge is 2.24. The fourth-order valence-corrected chi connectivity index (χ4v) is 3.36. The Kier molecular flexibility index (Phi) is 5.74. The van der Waals surface area contributed by atoms with Crippen molar-refractivity contribution in [3.05, 3.63) is 0 Å². The third-order valence-corrected chi connectivity index (χ3v) is 6.24. The van der Waals surface area contributed by atoms with Crippen molar-refractivity contribution in [2.24, 2.45) is 5.92 Å². The van der Waals surface area contributed by atoms with Crippen LogP contribution in [0.1, 0.15) is 33.6 Å². The first-order valence-electron chi connectivity index (χ1n) is 6.41. The van der Waals surface area contributed by atoms with Crippen molar-refractivity contribution >= 4 is 21.4 Å². The van der Waals surface area contributed by atoms with E-state index >= 15 is 0 Å². The lowest BCUT2D eigenvalue weighted by molar-refractivity contribution is 0.192. The molecule has 0 bridgehead atoms. The zero-order valence-corrected chi connectivity index (χ0v) is 12.6. The van der Waals surface area contributed by atoms with Gasteiger partial charge in [0.05, 0.1) is 11.0 Å². The van der Waals surface area contributed by atoms with Crippen LogP contribution in [0.3, 0.4) is 0 Å². The second-order valence-electron chi connectivity index (χ2n) is 5.27. The molecule has 1 saturated heterocycles. The maximum atomic E-state index is 11.7. The zero-order chi connectivity index (χ0) is 13.1. The number of sulfone groups is 1. The van der Waals surface area contributed by atoms with Gasteiger partial charge in [0.2, 0.25) is 0 Å². The molecule has 1 unspecified atom stereocenters. The van der Waals surface area contributed by atoms with Crippen molar-refractivity contribution in [1.29, 1.82) is 0 Å². The predicted molar refractivity (Wildman–Crippen MR) is 73.4 cm³/mol. The van der Waals surface area contributed by atoms with Gasteiger partial charge in [0.1, 0.15) is 0 Å². The van der Waals surface area contributed by atoms with Gasteiger partial charge in [-0.1, -0.05) is 0 Å². The number of hydrogen-bond acceptors (Lipinski definition) is 3. The zero-order valence-electron chi connectivity index (χ0n) is 11.0. The number of likely N-dealkylation sites (tertiary alicyclic amines) is 1. The Morgan fingerprint density at radius 3 is 2.18 bits per heavy atom. The number of nitrogens with zero attached hydrogens (tertiary/aromatic N) is 1. The molecule has 0 amide bonds. The Morgan fingerprint density at radius 2 is 1.76 bits per heavy atom. The maximum Gasteiger partial charge on any atom is 0.153 e. The van der Waals surface area contributed by atoms with Gasteiger partial charge in [-0.15, -0.1) is 11.6 Å². The molecule has 0 aliphatic carbocycles. The van der Waals surface area contributed by atoms with Crippen LogP contribution in [0.15, 0.2) is 0 Å².